The van der Waals surface area contributed by atoms with Crippen LogP contribution in [0.3, 0.4) is 0 Å². The molecule has 3 rings (SSSR count). The molecule has 0 aliphatic carbocycles. The highest BCUT2D eigenvalue weighted by molar-refractivity contribution is 5.73. The lowest BCUT2D eigenvalue weighted by molar-refractivity contribution is -0.139. The van der Waals surface area contributed by atoms with E-state index in [0.29, 0.717) is 18.5 Å². The number of carbonyl (C=O) groups excluding carboxylic acids is 1. The van der Waals surface area contributed by atoms with E-state index in [1.807, 2.05) is 4.98 Å². The Bertz CT molecular complexity index is 1070. The molecule has 0 spiro atoms. The van der Waals surface area contributed by atoms with Crippen LogP contribution in [-0.2, 0) is 17.2 Å². The summed E-state index contributed by atoms with van der Waals surface area (Å²) in [6.45, 7) is 3.69. The van der Waals surface area contributed by atoms with Gasteiger partial charge in [-0.25, -0.2) is 20.2 Å². The normalized spacial score (nSPS) is 18.1. The summed E-state index contributed by atoms with van der Waals surface area (Å²) in [6.07, 6.45) is -7.99. The van der Waals surface area contributed by atoms with Crippen LogP contribution in [0.2, 0.25) is 0 Å². The molecule has 1 aliphatic rings. The number of pyridine rings is 1. The van der Waals surface area contributed by atoms with E-state index in [-0.39, 0.29) is 31.1 Å². The molecule has 186 valence electrons. The van der Waals surface area contributed by atoms with E-state index in [1.165, 1.54) is 11.8 Å². The van der Waals surface area contributed by atoms with Gasteiger partial charge in [-0.05, 0) is 19.9 Å². The minimum Gasteiger partial charge on any atom is -0.337 e. The van der Waals surface area contributed by atoms with E-state index in [9.17, 15) is 35.9 Å². The van der Waals surface area contributed by atoms with Crippen molar-refractivity contribution in [2.75, 3.05) is 24.5 Å². The molecule has 9 nitrogen and oxygen atoms in total. The summed E-state index contributed by atoms with van der Waals surface area (Å²) in [4.78, 5) is 41.5. The fourth-order valence-corrected chi connectivity index (χ4v) is 3.28. The molecule has 15 heteroatoms. The molecule has 0 radical (unpaired) electrons. The molecular formula is C19H20F6N6O3. The van der Waals surface area contributed by atoms with Crippen molar-refractivity contribution in [2.24, 2.45) is 0 Å². The topological polar surface area (TPSA) is 103 Å². The largest absolute Gasteiger partial charge is 0.421 e. The zero-order valence-electron chi connectivity index (χ0n) is 17.9. The minimum absolute atomic E-state index is 0.00968. The third-order valence-electron chi connectivity index (χ3n) is 5.16. The first kappa shape index (κ1) is 25.3. The summed E-state index contributed by atoms with van der Waals surface area (Å²) >= 11 is 0. The van der Waals surface area contributed by atoms with E-state index >= 15 is 0 Å². The summed E-state index contributed by atoms with van der Waals surface area (Å²) in [6, 6.07) is -0.433. The Morgan fingerprint density at radius 3 is 2.38 bits per heavy atom. The van der Waals surface area contributed by atoms with Crippen molar-refractivity contribution in [1.82, 2.24) is 25.3 Å². The predicted octanol–water partition coefficient (Wildman–Crippen LogP) is 3.12. The van der Waals surface area contributed by atoms with Crippen molar-refractivity contribution in [3.8, 4) is 0 Å². The fraction of sp³-hybridized carbons (Fsp3) is 0.474. The highest BCUT2D eigenvalue weighted by atomic mass is 19.4. The average molecular weight is 494 g/mol. The van der Waals surface area contributed by atoms with Crippen LogP contribution in [0.25, 0.3) is 0 Å². The van der Waals surface area contributed by atoms with Crippen LogP contribution in [0.4, 0.5) is 37.1 Å². The monoisotopic (exact) mass is 494 g/mol. The molecule has 0 aromatic carbocycles. The van der Waals surface area contributed by atoms with Crippen molar-refractivity contribution >= 4 is 12.0 Å². The number of nitrogens with one attached hydrogen (secondary N) is 2. The molecule has 2 atom stereocenters. The molecule has 1 aliphatic heterocycles. The van der Waals surface area contributed by atoms with Crippen LogP contribution < -0.4 is 15.9 Å². The maximum atomic E-state index is 12.9. The predicted molar refractivity (Wildman–Crippen MR) is 106 cm³/mol. The fourth-order valence-electron chi connectivity index (χ4n) is 3.28. The smallest absolute Gasteiger partial charge is 0.337 e. The Balaban J connectivity index is 1.57. The molecule has 1 fully saturated rings. The molecule has 0 bridgehead atoms. The second-order valence-corrected chi connectivity index (χ2v) is 7.60. The zero-order valence-corrected chi connectivity index (χ0v) is 17.9. The summed E-state index contributed by atoms with van der Waals surface area (Å²) < 4.78 is 76.8. The van der Waals surface area contributed by atoms with Gasteiger partial charge >= 0.3 is 18.4 Å². The first-order valence-electron chi connectivity index (χ1n) is 9.93. The molecule has 1 saturated heterocycles. The van der Waals surface area contributed by atoms with Crippen molar-refractivity contribution in [3.05, 3.63) is 51.7 Å². The highest BCUT2D eigenvalue weighted by Crippen LogP contribution is 2.29. The van der Waals surface area contributed by atoms with Crippen molar-refractivity contribution in [1.29, 1.82) is 0 Å². The number of piperazine rings is 1. The molecule has 2 N–H and O–H groups in total. The number of carbonyl (C=O) groups is 1. The molecule has 0 saturated carbocycles. The van der Waals surface area contributed by atoms with Crippen LogP contribution in [-0.4, -0.2) is 51.6 Å². The van der Waals surface area contributed by atoms with Gasteiger partial charge in [0.15, 0.2) is 0 Å². The van der Waals surface area contributed by atoms with E-state index in [0.717, 1.165) is 6.20 Å². The average Bonchev–Trinajstić information content (AvgIpc) is 2.76. The van der Waals surface area contributed by atoms with E-state index < -0.39 is 47.2 Å². The van der Waals surface area contributed by atoms with Crippen LogP contribution >= 0.6 is 0 Å². The number of amides is 2. The Morgan fingerprint density at radius 2 is 1.82 bits per heavy atom. The number of H-pyrrole nitrogens is 1. The van der Waals surface area contributed by atoms with Gasteiger partial charge < -0.3 is 14.8 Å². The Morgan fingerprint density at radius 1 is 1.18 bits per heavy atom. The van der Waals surface area contributed by atoms with Crippen molar-refractivity contribution in [3.63, 3.8) is 0 Å². The third-order valence-corrected chi connectivity index (χ3v) is 5.16. The number of anilines is 1. The SMILES string of the molecule is C[C@@H](ONC(=O)N1CCN(c2ncc(C(F)(F)F)cn2)C[C@@H]1C)c1c[nH]c(=O)c(C(F)(F)F)c1. The van der Waals surface area contributed by atoms with Gasteiger partial charge in [0.1, 0.15) is 11.7 Å². The lowest BCUT2D eigenvalue weighted by Crippen LogP contribution is -2.57. The lowest BCUT2D eigenvalue weighted by atomic mass is 10.1. The summed E-state index contributed by atoms with van der Waals surface area (Å²) in [7, 11) is 0. The van der Waals surface area contributed by atoms with Gasteiger partial charge in [0.2, 0.25) is 5.95 Å². The number of hydrogen-bond acceptors (Lipinski definition) is 6. The van der Waals surface area contributed by atoms with Gasteiger partial charge in [-0.3, -0.25) is 9.63 Å². The quantitative estimate of drug-likeness (QED) is 0.500. The van der Waals surface area contributed by atoms with Gasteiger partial charge in [-0.1, -0.05) is 0 Å². The number of alkyl halides is 6. The lowest BCUT2D eigenvalue weighted by Gasteiger charge is -2.39. The minimum atomic E-state index is -4.85. The van der Waals surface area contributed by atoms with Crippen molar-refractivity contribution < 1.29 is 36.0 Å². The Kier molecular flexibility index (Phi) is 7.05. The number of urea groups is 1. The third kappa shape index (κ3) is 5.76. The second-order valence-electron chi connectivity index (χ2n) is 7.60. The molecule has 2 amide bonds. The second kappa shape index (κ2) is 9.48. The summed E-state index contributed by atoms with van der Waals surface area (Å²) in [5.74, 6) is 0.0864. The number of halogens is 6. The maximum absolute atomic E-state index is 12.9. The molecule has 34 heavy (non-hydrogen) atoms. The Labute approximate surface area is 188 Å². The van der Waals surface area contributed by atoms with Crippen LogP contribution in [0.15, 0.2) is 29.5 Å². The van der Waals surface area contributed by atoms with Gasteiger partial charge in [0, 0.05) is 49.8 Å². The number of hydroxylamine groups is 1. The van der Waals surface area contributed by atoms with Gasteiger partial charge in [-0.15, -0.1) is 0 Å². The van der Waals surface area contributed by atoms with E-state index in [2.05, 4.69) is 15.4 Å². The van der Waals surface area contributed by atoms with Gasteiger partial charge in [0.25, 0.3) is 5.56 Å². The Hall–Kier alpha value is -3.36. The van der Waals surface area contributed by atoms with Gasteiger partial charge in [-0.2, -0.15) is 26.3 Å². The van der Waals surface area contributed by atoms with Crippen LogP contribution in [0.5, 0.6) is 0 Å². The summed E-state index contributed by atoms with van der Waals surface area (Å²) in [5.41, 5.74) is -1.49. The van der Waals surface area contributed by atoms with E-state index in [4.69, 9.17) is 4.84 Å². The molecule has 2 aromatic rings. The van der Waals surface area contributed by atoms with E-state index in [1.54, 1.807) is 11.8 Å². The summed E-state index contributed by atoms with van der Waals surface area (Å²) in [5, 5.41) is 0. The van der Waals surface area contributed by atoms with Gasteiger partial charge in [0.05, 0.1) is 5.56 Å². The highest BCUT2D eigenvalue weighted by Gasteiger charge is 2.35. The first-order valence-corrected chi connectivity index (χ1v) is 9.93. The number of nitrogens with zero attached hydrogens (tertiary/aromatic N) is 4. The molecule has 2 aromatic heterocycles. The number of hydrogen-bond donors (Lipinski definition) is 2. The van der Waals surface area contributed by atoms with Crippen LogP contribution in [0, 0.1) is 0 Å². The molecule has 3 heterocycles. The van der Waals surface area contributed by atoms with Crippen LogP contribution in [0.1, 0.15) is 36.6 Å². The first-order chi connectivity index (χ1) is 15.8. The number of rotatable bonds is 4. The van der Waals surface area contributed by atoms with Crippen molar-refractivity contribution in [2.45, 2.75) is 38.3 Å². The molecular weight excluding hydrogens is 474 g/mol. The zero-order chi connectivity index (χ0) is 25.3. The number of aromatic amines is 1. The standard InChI is InChI=1S/C19H20F6N6O3/c1-10-9-30(16-27-7-13(8-28-16)18(20,21)22)3-4-31(10)17(33)29-34-11(2)12-5-14(19(23,24)25)15(32)26-6-12/h5-8,10-11H,3-4,9H2,1-2H3,(H,26,32)(H,29,33)/t10-,11+/m0/s1. The molecule has 0 unspecified atom stereocenters. The number of aromatic nitrogens is 3. The maximum Gasteiger partial charge on any atom is 0.421 e.